The summed E-state index contributed by atoms with van der Waals surface area (Å²) in [5.74, 6) is 0.277. The first kappa shape index (κ1) is 25.3. The number of anilines is 2. The van der Waals surface area contributed by atoms with Crippen LogP contribution in [-0.4, -0.2) is 20.4 Å². The molecule has 2 N–H and O–H groups in total. The van der Waals surface area contributed by atoms with Gasteiger partial charge in [-0.2, -0.15) is 0 Å². The van der Waals surface area contributed by atoms with Gasteiger partial charge in [0.25, 0.3) is 15.9 Å². The maximum atomic E-state index is 12.8. The fraction of sp³-hybridized carbons (Fsp3) is 0.296. The molecule has 3 aromatic carbocycles. The first-order chi connectivity index (χ1) is 15.8. The Hall–Kier alpha value is -3.32. The molecule has 0 aliphatic heterocycles. The zero-order valence-corrected chi connectivity index (χ0v) is 21.3. The Morgan fingerprint density at radius 2 is 1.53 bits per heavy atom. The number of ether oxygens (including phenoxy) is 1. The highest BCUT2D eigenvalue weighted by molar-refractivity contribution is 7.92. The van der Waals surface area contributed by atoms with E-state index in [1.807, 2.05) is 50.2 Å². The van der Waals surface area contributed by atoms with Gasteiger partial charge < -0.3 is 10.1 Å². The largest absolute Gasteiger partial charge is 0.481 e. The molecule has 0 bridgehead atoms. The van der Waals surface area contributed by atoms with E-state index in [-0.39, 0.29) is 16.2 Å². The Morgan fingerprint density at radius 1 is 0.912 bits per heavy atom. The smallest absolute Gasteiger partial charge is 0.265 e. The Balaban J connectivity index is 1.63. The minimum atomic E-state index is -3.76. The molecule has 0 saturated heterocycles. The summed E-state index contributed by atoms with van der Waals surface area (Å²) < 4.78 is 33.9. The van der Waals surface area contributed by atoms with E-state index in [0.717, 1.165) is 11.1 Å². The molecule has 0 unspecified atom stereocenters. The summed E-state index contributed by atoms with van der Waals surface area (Å²) in [7, 11) is -3.76. The second-order valence-corrected chi connectivity index (χ2v) is 11.2. The van der Waals surface area contributed by atoms with E-state index in [1.165, 1.54) is 17.7 Å². The second kappa shape index (κ2) is 9.89. The highest BCUT2D eigenvalue weighted by atomic mass is 32.2. The summed E-state index contributed by atoms with van der Waals surface area (Å²) >= 11 is 0. The lowest BCUT2D eigenvalue weighted by Crippen LogP contribution is -2.30. The molecule has 0 spiro atoms. The third-order valence-corrected chi connectivity index (χ3v) is 6.85. The van der Waals surface area contributed by atoms with Gasteiger partial charge in [-0.1, -0.05) is 45.0 Å². The van der Waals surface area contributed by atoms with E-state index in [9.17, 15) is 13.2 Å². The molecule has 180 valence electrons. The minimum absolute atomic E-state index is 0.0373. The SMILES string of the molecule is Cc1ccc(C)c(NS(=O)(=O)c2ccc(NC(=O)[C@H](C)Oc3ccc(C(C)(C)C)cc3)cc2)c1. The van der Waals surface area contributed by atoms with Crippen LogP contribution >= 0.6 is 0 Å². The molecule has 0 aliphatic carbocycles. The molecule has 0 heterocycles. The maximum absolute atomic E-state index is 12.8. The molecule has 0 aliphatic rings. The maximum Gasteiger partial charge on any atom is 0.265 e. The van der Waals surface area contributed by atoms with Crippen LogP contribution in [0.15, 0.2) is 71.6 Å². The fourth-order valence-electron chi connectivity index (χ4n) is 3.30. The molecule has 34 heavy (non-hydrogen) atoms. The summed E-state index contributed by atoms with van der Waals surface area (Å²) in [6.45, 7) is 11.8. The molecule has 0 saturated carbocycles. The minimum Gasteiger partial charge on any atom is -0.481 e. The van der Waals surface area contributed by atoms with E-state index in [4.69, 9.17) is 4.74 Å². The summed E-state index contributed by atoms with van der Waals surface area (Å²) in [6.07, 6.45) is -0.727. The molecule has 3 aromatic rings. The molecule has 0 radical (unpaired) electrons. The van der Waals surface area contributed by atoms with Crippen LogP contribution in [0.3, 0.4) is 0 Å². The van der Waals surface area contributed by atoms with Crippen LogP contribution in [0, 0.1) is 13.8 Å². The summed E-state index contributed by atoms with van der Waals surface area (Å²) in [5, 5.41) is 2.76. The molecule has 1 atom stereocenters. The van der Waals surface area contributed by atoms with Crippen molar-refractivity contribution in [3.63, 3.8) is 0 Å². The zero-order chi connectivity index (χ0) is 25.1. The number of hydrogen-bond acceptors (Lipinski definition) is 4. The molecular formula is C27H32N2O4S. The van der Waals surface area contributed by atoms with Crippen LogP contribution in [0.5, 0.6) is 5.75 Å². The van der Waals surface area contributed by atoms with Crippen LogP contribution in [0.1, 0.15) is 44.4 Å². The topological polar surface area (TPSA) is 84.5 Å². The van der Waals surface area contributed by atoms with Crippen molar-refractivity contribution in [3.05, 3.63) is 83.4 Å². The molecule has 7 heteroatoms. The summed E-state index contributed by atoms with van der Waals surface area (Å²) in [6, 6.07) is 19.3. The average molecular weight is 481 g/mol. The molecule has 0 aromatic heterocycles. The normalized spacial score (nSPS) is 12.6. The first-order valence-corrected chi connectivity index (χ1v) is 12.6. The Kier molecular flexibility index (Phi) is 7.36. The van der Waals surface area contributed by atoms with Crippen LogP contribution in [0.4, 0.5) is 11.4 Å². The van der Waals surface area contributed by atoms with E-state index < -0.39 is 16.1 Å². The number of nitrogens with one attached hydrogen (secondary N) is 2. The Bertz CT molecular complexity index is 1260. The van der Waals surface area contributed by atoms with Gasteiger partial charge in [-0.15, -0.1) is 0 Å². The molecule has 3 rings (SSSR count). The number of aryl methyl sites for hydroxylation is 2. The van der Waals surface area contributed by atoms with Gasteiger partial charge in [-0.25, -0.2) is 8.42 Å². The quantitative estimate of drug-likeness (QED) is 0.447. The van der Waals surface area contributed by atoms with Crippen molar-refractivity contribution in [2.75, 3.05) is 10.0 Å². The first-order valence-electron chi connectivity index (χ1n) is 11.1. The van der Waals surface area contributed by atoms with Gasteiger partial charge in [0, 0.05) is 5.69 Å². The Morgan fingerprint density at radius 3 is 2.12 bits per heavy atom. The van der Waals surface area contributed by atoms with Crippen LogP contribution < -0.4 is 14.8 Å². The predicted molar refractivity (Wildman–Crippen MR) is 137 cm³/mol. The lowest BCUT2D eigenvalue weighted by Gasteiger charge is -2.20. The predicted octanol–water partition coefficient (Wildman–Crippen LogP) is 5.81. The van der Waals surface area contributed by atoms with Crippen molar-refractivity contribution in [1.29, 1.82) is 0 Å². The van der Waals surface area contributed by atoms with Crippen molar-refractivity contribution in [1.82, 2.24) is 0 Å². The number of carbonyl (C=O) groups is 1. The van der Waals surface area contributed by atoms with Crippen LogP contribution in [0.25, 0.3) is 0 Å². The highest BCUT2D eigenvalue weighted by Gasteiger charge is 2.18. The van der Waals surface area contributed by atoms with Crippen LogP contribution in [0.2, 0.25) is 0 Å². The number of carbonyl (C=O) groups excluding carboxylic acids is 1. The Labute approximate surface area is 202 Å². The number of rotatable bonds is 7. The molecule has 0 fully saturated rings. The van der Waals surface area contributed by atoms with Gasteiger partial charge in [0.15, 0.2) is 6.10 Å². The van der Waals surface area contributed by atoms with Crippen molar-refractivity contribution >= 4 is 27.3 Å². The van der Waals surface area contributed by atoms with Crippen LogP contribution in [-0.2, 0) is 20.2 Å². The van der Waals surface area contributed by atoms with Crippen molar-refractivity contribution in [3.8, 4) is 5.75 Å². The van der Waals surface area contributed by atoms with Gasteiger partial charge in [-0.05, 0) is 85.3 Å². The van der Waals surface area contributed by atoms with Gasteiger partial charge >= 0.3 is 0 Å². The molecule has 1 amide bonds. The number of hydrogen-bond donors (Lipinski definition) is 2. The van der Waals surface area contributed by atoms with E-state index in [1.54, 1.807) is 25.1 Å². The van der Waals surface area contributed by atoms with Gasteiger partial charge in [0.1, 0.15) is 5.75 Å². The summed E-state index contributed by atoms with van der Waals surface area (Å²) in [4.78, 5) is 12.7. The second-order valence-electron chi connectivity index (χ2n) is 9.47. The zero-order valence-electron chi connectivity index (χ0n) is 20.5. The van der Waals surface area contributed by atoms with Crippen molar-refractivity contribution in [2.45, 2.75) is 58.0 Å². The van der Waals surface area contributed by atoms with Gasteiger partial charge in [-0.3, -0.25) is 9.52 Å². The standard InChI is InChI=1S/C27H32N2O4S/c1-18-7-8-19(2)25(17-18)29-34(31,32)24-15-11-22(12-16-24)28-26(30)20(3)33-23-13-9-21(10-14-23)27(4,5)6/h7-17,20,29H,1-6H3,(H,28,30)/t20-/m0/s1. The van der Waals surface area contributed by atoms with E-state index >= 15 is 0 Å². The third kappa shape index (κ3) is 6.38. The summed E-state index contributed by atoms with van der Waals surface area (Å²) in [5.41, 5.74) is 4.03. The van der Waals surface area contributed by atoms with E-state index in [2.05, 4.69) is 30.8 Å². The van der Waals surface area contributed by atoms with Gasteiger partial charge in [0.2, 0.25) is 0 Å². The van der Waals surface area contributed by atoms with Crippen molar-refractivity contribution in [2.24, 2.45) is 0 Å². The average Bonchev–Trinajstić information content (AvgIpc) is 2.76. The van der Waals surface area contributed by atoms with E-state index in [0.29, 0.717) is 17.1 Å². The monoisotopic (exact) mass is 480 g/mol. The number of sulfonamides is 1. The molecule has 6 nitrogen and oxygen atoms in total. The number of amides is 1. The molecular weight excluding hydrogens is 448 g/mol. The third-order valence-electron chi connectivity index (χ3n) is 5.47. The highest BCUT2D eigenvalue weighted by Crippen LogP contribution is 2.25. The lowest BCUT2D eigenvalue weighted by molar-refractivity contribution is -0.122. The lowest BCUT2D eigenvalue weighted by atomic mass is 9.87. The van der Waals surface area contributed by atoms with Gasteiger partial charge in [0.05, 0.1) is 10.6 Å². The fourth-order valence-corrected chi connectivity index (χ4v) is 4.42. The van der Waals surface area contributed by atoms with Crippen molar-refractivity contribution < 1.29 is 17.9 Å². The number of benzene rings is 3.